The van der Waals surface area contributed by atoms with Gasteiger partial charge in [-0.1, -0.05) is 16.8 Å². The van der Waals surface area contributed by atoms with E-state index in [-0.39, 0.29) is 17.5 Å². The minimum atomic E-state index is -0.732. The molecular weight excluding hydrogens is 365 g/mol. The summed E-state index contributed by atoms with van der Waals surface area (Å²) in [5.74, 6) is -0.544. The lowest BCUT2D eigenvalue weighted by molar-refractivity contribution is 0.179. The Balaban J connectivity index is 1.94. The number of pyridine rings is 1. The van der Waals surface area contributed by atoms with Crippen LogP contribution in [0.4, 0.5) is 4.39 Å². The van der Waals surface area contributed by atoms with Crippen molar-refractivity contribution in [2.24, 2.45) is 0 Å². The van der Waals surface area contributed by atoms with Crippen LogP contribution >= 0.6 is 11.6 Å². The van der Waals surface area contributed by atoms with Gasteiger partial charge in [0.05, 0.1) is 21.8 Å². The van der Waals surface area contributed by atoms with Gasteiger partial charge in [0.2, 0.25) is 0 Å². The Morgan fingerprint density at radius 3 is 3.00 bits per heavy atom. The second-order valence-electron chi connectivity index (χ2n) is 5.38. The molecule has 1 aromatic carbocycles. The summed E-state index contributed by atoms with van der Waals surface area (Å²) in [5, 5.41) is 3.73. The number of hydrogen-bond donors (Lipinski definition) is 1. The molecule has 4 aromatic rings. The molecule has 1 N–H and O–H groups in total. The number of methoxy groups -OCH3 is 1. The van der Waals surface area contributed by atoms with Gasteiger partial charge in [0.15, 0.2) is 11.5 Å². The summed E-state index contributed by atoms with van der Waals surface area (Å²) in [6.45, 7) is 0.273. The number of aromatic nitrogens is 5. The Bertz CT molecular complexity index is 1170. The first kappa shape index (κ1) is 16.4. The van der Waals surface area contributed by atoms with Gasteiger partial charge in [-0.15, -0.1) is 0 Å². The maximum absolute atomic E-state index is 13.5. The van der Waals surface area contributed by atoms with Gasteiger partial charge < -0.3 is 9.72 Å². The standard InChI is InChI=1S/C16H11ClFN5O3/c1-25-7-12-20-13-9(4-5-19-14(13)21-12)15-22-26-16(24)23(15)8-2-3-11(18)10(17)6-8/h2-6H,7H2,1H3,(H,19,20,21). The summed E-state index contributed by atoms with van der Waals surface area (Å²) >= 11 is 5.83. The number of ether oxygens (including phenoxy) is 1. The highest BCUT2D eigenvalue weighted by molar-refractivity contribution is 6.30. The molecule has 0 aliphatic carbocycles. The van der Waals surface area contributed by atoms with Crippen LogP contribution < -0.4 is 5.76 Å². The van der Waals surface area contributed by atoms with Crippen molar-refractivity contribution in [1.82, 2.24) is 24.7 Å². The highest BCUT2D eigenvalue weighted by Gasteiger charge is 2.19. The van der Waals surface area contributed by atoms with Crippen molar-refractivity contribution in [2.75, 3.05) is 7.11 Å². The van der Waals surface area contributed by atoms with Crippen molar-refractivity contribution in [1.29, 1.82) is 0 Å². The molecule has 0 atom stereocenters. The first-order chi connectivity index (χ1) is 12.6. The number of nitrogens with one attached hydrogen (secondary N) is 1. The molecule has 132 valence electrons. The van der Waals surface area contributed by atoms with Gasteiger partial charge in [-0.05, 0) is 24.3 Å². The molecule has 0 amide bonds. The normalized spacial score (nSPS) is 11.3. The molecule has 0 aliphatic rings. The first-order valence-corrected chi connectivity index (χ1v) is 7.83. The molecule has 3 heterocycles. The van der Waals surface area contributed by atoms with E-state index in [2.05, 4.69) is 20.1 Å². The van der Waals surface area contributed by atoms with E-state index in [9.17, 15) is 9.18 Å². The third-order valence-corrected chi connectivity index (χ3v) is 4.02. The Morgan fingerprint density at radius 1 is 1.38 bits per heavy atom. The molecule has 8 nitrogen and oxygen atoms in total. The van der Waals surface area contributed by atoms with Crippen molar-refractivity contribution in [3.8, 4) is 17.1 Å². The van der Waals surface area contributed by atoms with Crippen molar-refractivity contribution < 1.29 is 13.7 Å². The van der Waals surface area contributed by atoms with E-state index in [0.29, 0.717) is 28.2 Å². The molecule has 0 radical (unpaired) electrons. The van der Waals surface area contributed by atoms with Gasteiger partial charge in [0.25, 0.3) is 0 Å². The lowest BCUT2D eigenvalue weighted by Crippen LogP contribution is -2.13. The molecule has 0 aliphatic heterocycles. The van der Waals surface area contributed by atoms with Crippen LogP contribution in [0.1, 0.15) is 5.82 Å². The largest absolute Gasteiger partial charge is 0.446 e. The smallest absolute Gasteiger partial charge is 0.377 e. The number of halogens is 2. The number of benzene rings is 1. The summed E-state index contributed by atoms with van der Waals surface area (Å²) in [6.07, 6.45) is 1.54. The molecule has 4 rings (SSSR count). The highest BCUT2D eigenvalue weighted by Crippen LogP contribution is 2.27. The maximum Gasteiger partial charge on any atom is 0.446 e. The van der Waals surface area contributed by atoms with Crippen LogP contribution in [-0.2, 0) is 11.3 Å². The van der Waals surface area contributed by atoms with Gasteiger partial charge in [-0.3, -0.25) is 4.52 Å². The van der Waals surface area contributed by atoms with E-state index < -0.39 is 11.6 Å². The number of fused-ring (bicyclic) bond motifs is 1. The monoisotopic (exact) mass is 375 g/mol. The zero-order chi connectivity index (χ0) is 18.3. The molecule has 0 saturated heterocycles. The van der Waals surface area contributed by atoms with Crippen LogP contribution in [0, 0.1) is 5.82 Å². The summed E-state index contributed by atoms with van der Waals surface area (Å²) in [6, 6.07) is 5.55. The minimum absolute atomic E-state index is 0.120. The summed E-state index contributed by atoms with van der Waals surface area (Å²) in [7, 11) is 1.55. The summed E-state index contributed by atoms with van der Waals surface area (Å²) in [5.41, 5.74) is 1.86. The minimum Gasteiger partial charge on any atom is -0.377 e. The van der Waals surface area contributed by atoms with E-state index in [1.54, 1.807) is 13.2 Å². The van der Waals surface area contributed by atoms with Crippen LogP contribution in [0.5, 0.6) is 0 Å². The number of imidazole rings is 1. The number of H-pyrrole nitrogens is 1. The molecule has 0 saturated carbocycles. The second kappa shape index (κ2) is 6.36. The van der Waals surface area contributed by atoms with E-state index in [0.717, 1.165) is 6.07 Å². The third-order valence-electron chi connectivity index (χ3n) is 3.73. The Labute approximate surface area is 150 Å². The Kier molecular flexibility index (Phi) is 4.02. The van der Waals surface area contributed by atoms with Crippen LogP contribution in [0.15, 0.2) is 39.8 Å². The molecule has 0 bridgehead atoms. The SMILES string of the molecule is COCc1nc2nccc(-c3noc(=O)n3-c3ccc(F)c(Cl)c3)c2[nH]1. The lowest BCUT2D eigenvalue weighted by Gasteiger charge is -2.06. The third kappa shape index (κ3) is 2.67. The Hall–Kier alpha value is -3.04. The highest BCUT2D eigenvalue weighted by atomic mass is 35.5. The Morgan fingerprint density at radius 2 is 2.23 bits per heavy atom. The topological polar surface area (TPSA) is 98.8 Å². The molecule has 0 fully saturated rings. The predicted octanol–water partition coefficient (Wildman–Crippen LogP) is 2.70. The summed E-state index contributed by atoms with van der Waals surface area (Å²) in [4.78, 5) is 23.8. The number of nitrogens with zero attached hydrogens (tertiary/aromatic N) is 4. The fourth-order valence-corrected chi connectivity index (χ4v) is 2.80. The maximum atomic E-state index is 13.5. The fraction of sp³-hybridized carbons (Fsp3) is 0.125. The van der Waals surface area contributed by atoms with Crippen LogP contribution in [-0.4, -0.2) is 31.8 Å². The second-order valence-corrected chi connectivity index (χ2v) is 5.79. The number of rotatable bonds is 4. The van der Waals surface area contributed by atoms with E-state index >= 15 is 0 Å². The molecule has 3 aromatic heterocycles. The zero-order valence-electron chi connectivity index (χ0n) is 13.4. The van der Waals surface area contributed by atoms with Gasteiger partial charge in [0.1, 0.15) is 18.2 Å². The van der Waals surface area contributed by atoms with Crippen LogP contribution in [0.3, 0.4) is 0 Å². The van der Waals surface area contributed by atoms with Crippen molar-refractivity contribution in [2.45, 2.75) is 6.61 Å². The quantitative estimate of drug-likeness (QED) is 0.588. The zero-order valence-corrected chi connectivity index (χ0v) is 14.1. The van der Waals surface area contributed by atoms with E-state index in [1.807, 2.05) is 0 Å². The van der Waals surface area contributed by atoms with Gasteiger partial charge >= 0.3 is 5.76 Å². The van der Waals surface area contributed by atoms with Crippen molar-refractivity contribution >= 4 is 22.8 Å². The average Bonchev–Trinajstić information content (AvgIpc) is 3.20. The molecular formula is C16H11ClFN5O3. The van der Waals surface area contributed by atoms with Gasteiger partial charge in [-0.2, -0.15) is 0 Å². The van der Waals surface area contributed by atoms with E-state index in [1.165, 1.54) is 22.9 Å². The van der Waals surface area contributed by atoms with Gasteiger partial charge in [-0.25, -0.2) is 23.7 Å². The van der Waals surface area contributed by atoms with Crippen LogP contribution in [0.2, 0.25) is 5.02 Å². The fourth-order valence-electron chi connectivity index (χ4n) is 2.62. The average molecular weight is 376 g/mol. The molecule has 0 spiro atoms. The number of hydrogen-bond acceptors (Lipinski definition) is 6. The predicted molar refractivity (Wildman–Crippen MR) is 90.7 cm³/mol. The van der Waals surface area contributed by atoms with Crippen LogP contribution in [0.25, 0.3) is 28.2 Å². The van der Waals surface area contributed by atoms with Gasteiger partial charge in [0, 0.05) is 13.3 Å². The summed E-state index contributed by atoms with van der Waals surface area (Å²) < 4.78 is 24.5. The lowest BCUT2D eigenvalue weighted by atomic mass is 10.2. The first-order valence-electron chi connectivity index (χ1n) is 7.45. The van der Waals surface area contributed by atoms with Crippen molar-refractivity contribution in [3.05, 3.63) is 57.7 Å². The van der Waals surface area contributed by atoms with E-state index in [4.69, 9.17) is 20.9 Å². The molecule has 0 unspecified atom stereocenters. The molecule has 26 heavy (non-hydrogen) atoms. The molecule has 10 heteroatoms. The van der Waals surface area contributed by atoms with Crippen molar-refractivity contribution in [3.63, 3.8) is 0 Å². The number of aromatic amines is 1.